The first-order chi connectivity index (χ1) is 16.1. The summed E-state index contributed by atoms with van der Waals surface area (Å²) < 4.78 is 24.5. The zero-order valence-corrected chi connectivity index (χ0v) is 17.6. The molecule has 0 radical (unpaired) electrons. The van der Waals surface area contributed by atoms with E-state index < -0.39 is 0 Å². The largest absolute Gasteiger partial charge is 0.486 e. The van der Waals surface area contributed by atoms with Crippen LogP contribution in [0.2, 0.25) is 0 Å². The Morgan fingerprint density at radius 1 is 1.27 bits per heavy atom. The summed E-state index contributed by atoms with van der Waals surface area (Å²) in [7, 11) is 0. The van der Waals surface area contributed by atoms with Crippen LogP contribution in [0.5, 0.6) is 23.3 Å². The van der Waals surface area contributed by atoms with E-state index in [4.69, 9.17) is 30.5 Å². The Labute approximate surface area is 188 Å². The Morgan fingerprint density at radius 2 is 2.18 bits per heavy atom. The normalized spacial score (nSPS) is 16.5. The van der Waals surface area contributed by atoms with Crippen LogP contribution in [0.25, 0.3) is 11.3 Å². The monoisotopic (exact) mass is 450 g/mol. The van der Waals surface area contributed by atoms with Crippen molar-refractivity contribution in [2.75, 3.05) is 19.8 Å². The molecule has 0 amide bonds. The fourth-order valence-corrected chi connectivity index (χ4v) is 3.76. The molecule has 0 aliphatic carbocycles. The quantitative estimate of drug-likeness (QED) is 0.239. The van der Waals surface area contributed by atoms with E-state index in [0.29, 0.717) is 37.0 Å². The summed E-state index contributed by atoms with van der Waals surface area (Å²) in [5.41, 5.74) is 7.90. The highest BCUT2D eigenvalue weighted by Gasteiger charge is 2.24. The SMILES string of the molecule is N/N=C(\N)COc1ccc2c(c1)CCn1c-2cc(OCC2COc3ncccc3O2)nc1=O. The Morgan fingerprint density at radius 3 is 3.06 bits per heavy atom. The van der Waals surface area contributed by atoms with Gasteiger partial charge in [0.15, 0.2) is 17.7 Å². The number of pyridine rings is 1. The second kappa shape index (κ2) is 8.69. The van der Waals surface area contributed by atoms with Crippen molar-refractivity contribution >= 4 is 5.84 Å². The van der Waals surface area contributed by atoms with Crippen LogP contribution in [0.1, 0.15) is 5.56 Å². The molecular weight excluding hydrogens is 428 g/mol. The van der Waals surface area contributed by atoms with Crippen LogP contribution in [-0.4, -0.2) is 46.3 Å². The van der Waals surface area contributed by atoms with Crippen molar-refractivity contribution in [1.82, 2.24) is 14.5 Å². The Kier molecular flexibility index (Phi) is 5.43. The van der Waals surface area contributed by atoms with Crippen LogP contribution < -0.4 is 36.2 Å². The number of fused-ring (bicyclic) bond motifs is 4. The van der Waals surface area contributed by atoms with Gasteiger partial charge in [-0.3, -0.25) is 4.57 Å². The van der Waals surface area contributed by atoms with Crippen LogP contribution in [0.4, 0.5) is 0 Å². The molecule has 0 spiro atoms. The number of nitrogens with zero attached hydrogens (tertiary/aromatic N) is 4. The van der Waals surface area contributed by atoms with E-state index in [0.717, 1.165) is 16.8 Å². The van der Waals surface area contributed by atoms with Gasteiger partial charge >= 0.3 is 5.69 Å². The van der Waals surface area contributed by atoms with Gasteiger partial charge in [0.2, 0.25) is 5.88 Å². The number of rotatable bonds is 6. The Balaban J connectivity index is 1.33. The van der Waals surface area contributed by atoms with Gasteiger partial charge in [-0.15, -0.1) is 0 Å². The van der Waals surface area contributed by atoms with Crippen molar-refractivity contribution in [2.24, 2.45) is 16.7 Å². The minimum Gasteiger partial charge on any atom is -0.486 e. The fourth-order valence-electron chi connectivity index (χ4n) is 3.76. The summed E-state index contributed by atoms with van der Waals surface area (Å²) in [6.45, 7) is 1.07. The minimum absolute atomic E-state index is 0.0979. The molecule has 5 rings (SSSR count). The highest BCUT2D eigenvalue weighted by Crippen LogP contribution is 2.33. The van der Waals surface area contributed by atoms with E-state index in [2.05, 4.69) is 15.1 Å². The third-order valence-electron chi connectivity index (χ3n) is 5.35. The Bertz CT molecular complexity index is 1270. The number of ether oxygens (including phenoxy) is 4. The van der Waals surface area contributed by atoms with E-state index in [1.165, 1.54) is 0 Å². The molecule has 1 unspecified atom stereocenters. The highest BCUT2D eigenvalue weighted by molar-refractivity contribution is 5.81. The van der Waals surface area contributed by atoms with Crippen molar-refractivity contribution in [3.05, 3.63) is 58.6 Å². The lowest BCUT2D eigenvalue weighted by Crippen LogP contribution is -2.35. The molecule has 170 valence electrons. The van der Waals surface area contributed by atoms with Crippen LogP contribution >= 0.6 is 0 Å². The van der Waals surface area contributed by atoms with Crippen LogP contribution in [0, 0.1) is 0 Å². The molecule has 1 aromatic carbocycles. The predicted octanol–water partition coefficient (Wildman–Crippen LogP) is 0.690. The summed E-state index contributed by atoms with van der Waals surface area (Å²) in [5.74, 6) is 7.22. The van der Waals surface area contributed by atoms with Crippen LogP contribution in [0.15, 0.2) is 52.5 Å². The van der Waals surface area contributed by atoms with E-state index in [1.807, 2.05) is 18.2 Å². The van der Waals surface area contributed by atoms with Crippen molar-refractivity contribution < 1.29 is 18.9 Å². The first kappa shape index (κ1) is 20.6. The van der Waals surface area contributed by atoms with Gasteiger partial charge in [-0.25, -0.2) is 9.78 Å². The van der Waals surface area contributed by atoms with Gasteiger partial charge in [-0.05, 0) is 42.3 Å². The van der Waals surface area contributed by atoms with E-state index in [9.17, 15) is 4.79 Å². The first-order valence-corrected chi connectivity index (χ1v) is 10.4. The average Bonchev–Trinajstić information content (AvgIpc) is 2.85. The van der Waals surface area contributed by atoms with Gasteiger partial charge in [0.25, 0.3) is 5.88 Å². The molecule has 0 bridgehead atoms. The van der Waals surface area contributed by atoms with Crippen molar-refractivity contribution in [3.8, 4) is 34.5 Å². The minimum atomic E-state index is -0.365. The molecule has 0 fully saturated rings. The van der Waals surface area contributed by atoms with Crippen molar-refractivity contribution in [3.63, 3.8) is 0 Å². The maximum atomic E-state index is 12.6. The maximum absolute atomic E-state index is 12.6. The standard InChI is InChI=1S/C22H22N6O5/c23-19(27-24)12-30-14-3-4-16-13(8-14)5-7-28-17(16)9-20(26-22(28)29)31-10-15-11-32-21-18(33-15)2-1-6-25-21/h1-4,6,8-9,15H,5,7,10-12,24H2,(H2,23,27). The summed E-state index contributed by atoms with van der Waals surface area (Å²) in [4.78, 5) is 20.8. The number of aromatic nitrogens is 3. The Hall–Kier alpha value is -4.28. The number of aryl methyl sites for hydroxylation is 1. The molecular formula is C22H22N6O5. The second-order valence-corrected chi connectivity index (χ2v) is 7.56. The first-order valence-electron chi connectivity index (χ1n) is 10.4. The van der Waals surface area contributed by atoms with Gasteiger partial charge < -0.3 is 30.5 Å². The number of amidine groups is 1. The number of hydrogen-bond donors (Lipinski definition) is 2. The zero-order valence-electron chi connectivity index (χ0n) is 17.6. The number of nitrogens with two attached hydrogens (primary N) is 2. The van der Waals surface area contributed by atoms with Gasteiger partial charge in [0.1, 0.15) is 25.6 Å². The summed E-state index contributed by atoms with van der Waals surface area (Å²) >= 11 is 0. The maximum Gasteiger partial charge on any atom is 0.351 e. The highest BCUT2D eigenvalue weighted by atomic mass is 16.6. The average molecular weight is 450 g/mol. The molecule has 0 saturated heterocycles. The summed E-state index contributed by atoms with van der Waals surface area (Å²) in [5, 5.41) is 3.39. The second-order valence-electron chi connectivity index (χ2n) is 7.56. The van der Waals surface area contributed by atoms with Gasteiger partial charge in [0, 0.05) is 24.4 Å². The summed E-state index contributed by atoms with van der Waals surface area (Å²) in [6.07, 6.45) is 1.96. The van der Waals surface area contributed by atoms with Gasteiger partial charge in [0.05, 0.1) is 5.69 Å². The molecule has 33 heavy (non-hydrogen) atoms. The lowest BCUT2D eigenvalue weighted by molar-refractivity contribution is 0.0486. The van der Waals surface area contributed by atoms with Gasteiger partial charge in [-0.1, -0.05) is 0 Å². The van der Waals surface area contributed by atoms with E-state index in [1.54, 1.807) is 29.0 Å². The molecule has 2 aromatic heterocycles. The zero-order chi connectivity index (χ0) is 22.8. The van der Waals surface area contributed by atoms with Crippen LogP contribution in [0.3, 0.4) is 0 Å². The smallest absolute Gasteiger partial charge is 0.351 e. The topological polar surface area (TPSA) is 149 Å². The third kappa shape index (κ3) is 4.25. The molecule has 4 heterocycles. The molecule has 0 saturated carbocycles. The molecule has 2 aliphatic heterocycles. The summed E-state index contributed by atoms with van der Waals surface area (Å²) in [6, 6.07) is 10.9. The number of hydrazone groups is 1. The number of benzene rings is 1. The fraction of sp³-hybridized carbons (Fsp3) is 0.273. The molecule has 4 N–H and O–H groups in total. The molecule has 2 aliphatic rings. The molecule has 11 heteroatoms. The third-order valence-corrected chi connectivity index (χ3v) is 5.35. The van der Waals surface area contributed by atoms with Crippen molar-refractivity contribution in [1.29, 1.82) is 0 Å². The lowest BCUT2D eigenvalue weighted by Gasteiger charge is -2.25. The van der Waals surface area contributed by atoms with E-state index >= 15 is 0 Å². The molecule has 1 atom stereocenters. The lowest BCUT2D eigenvalue weighted by atomic mass is 9.97. The molecule has 3 aromatic rings. The molecule has 11 nitrogen and oxygen atoms in total. The predicted molar refractivity (Wildman–Crippen MR) is 119 cm³/mol. The number of hydrogen-bond acceptors (Lipinski definition) is 9. The van der Waals surface area contributed by atoms with E-state index in [-0.39, 0.29) is 36.7 Å². The van der Waals surface area contributed by atoms with Crippen molar-refractivity contribution in [2.45, 2.75) is 19.1 Å². The van der Waals surface area contributed by atoms with Gasteiger partial charge in [-0.2, -0.15) is 10.1 Å². The van der Waals surface area contributed by atoms with Crippen LogP contribution in [-0.2, 0) is 13.0 Å².